The van der Waals surface area contributed by atoms with Crippen LogP contribution in [0.15, 0.2) is 194 Å². The van der Waals surface area contributed by atoms with Gasteiger partial charge in [-0.25, -0.2) is 9.97 Å². The van der Waals surface area contributed by atoms with Gasteiger partial charge in [0.2, 0.25) is 0 Å². The molecule has 0 saturated carbocycles. The van der Waals surface area contributed by atoms with E-state index < -0.39 is 0 Å². The lowest BCUT2D eigenvalue weighted by molar-refractivity contribution is 1.30. The molecule has 3 aromatic heterocycles. The molecule has 4 heterocycles. The highest BCUT2D eigenvalue weighted by molar-refractivity contribution is 6.17. The molecule has 3 heteroatoms. The van der Waals surface area contributed by atoms with Crippen LogP contribution in [-0.2, 0) is 0 Å². The number of aromatic amines is 1. The summed E-state index contributed by atoms with van der Waals surface area (Å²) in [5, 5.41) is 2.30. The fourth-order valence-electron chi connectivity index (χ4n) is 8.18. The molecule has 256 valence electrons. The zero-order chi connectivity index (χ0) is 36.3. The van der Waals surface area contributed by atoms with Gasteiger partial charge in [-0.05, 0) is 111 Å². The number of nitrogens with one attached hydrogen (secondary N) is 1. The normalized spacial score (nSPS) is 11.6. The molecule has 0 spiro atoms. The molecule has 10 aromatic rings. The first-order valence-corrected chi connectivity index (χ1v) is 18.7. The maximum Gasteiger partial charge on any atom is 0.0737 e. The van der Waals surface area contributed by atoms with Crippen molar-refractivity contribution in [2.75, 3.05) is 0 Å². The van der Waals surface area contributed by atoms with Crippen molar-refractivity contribution in [2.24, 2.45) is 0 Å². The van der Waals surface area contributed by atoms with Crippen molar-refractivity contribution in [1.82, 2.24) is 15.0 Å². The smallest absolute Gasteiger partial charge is 0.0737 e. The molecule has 1 aliphatic heterocycles. The molecule has 0 aliphatic carbocycles. The van der Waals surface area contributed by atoms with Crippen molar-refractivity contribution < 1.29 is 0 Å². The molecule has 0 amide bonds. The summed E-state index contributed by atoms with van der Waals surface area (Å²) < 4.78 is 0. The Morgan fingerprint density at radius 3 is 1.16 bits per heavy atom. The molecule has 8 bridgehead atoms. The topological polar surface area (TPSA) is 41.6 Å². The first kappa shape index (κ1) is 31.2. The highest BCUT2D eigenvalue weighted by Gasteiger charge is 2.21. The summed E-state index contributed by atoms with van der Waals surface area (Å²) in [6.07, 6.45) is 0. The van der Waals surface area contributed by atoms with Crippen molar-refractivity contribution in [3.05, 3.63) is 194 Å². The average molecular weight is 700 g/mol. The third-order valence-electron chi connectivity index (χ3n) is 10.9. The summed E-state index contributed by atoms with van der Waals surface area (Å²) in [6.45, 7) is 0. The largest absolute Gasteiger partial charge is 0.353 e. The summed E-state index contributed by atoms with van der Waals surface area (Å²) in [4.78, 5) is 15.0. The maximum absolute atomic E-state index is 5.56. The Bertz CT molecular complexity index is 3060. The molecule has 0 saturated heterocycles. The van der Waals surface area contributed by atoms with E-state index in [4.69, 9.17) is 9.97 Å². The van der Waals surface area contributed by atoms with Crippen LogP contribution in [0.4, 0.5) is 0 Å². The quantitative estimate of drug-likeness (QED) is 0.199. The molecule has 1 aliphatic rings. The van der Waals surface area contributed by atoms with E-state index >= 15 is 0 Å². The minimum absolute atomic E-state index is 0.907. The van der Waals surface area contributed by atoms with Gasteiger partial charge in [0, 0.05) is 33.0 Å². The maximum atomic E-state index is 5.56. The highest BCUT2D eigenvalue weighted by atomic mass is 14.8. The van der Waals surface area contributed by atoms with E-state index in [9.17, 15) is 0 Å². The van der Waals surface area contributed by atoms with Crippen LogP contribution < -0.4 is 0 Å². The molecule has 55 heavy (non-hydrogen) atoms. The van der Waals surface area contributed by atoms with Gasteiger partial charge in [0.15, 0.2) is 0 Å². The van der Waals surface area contributed by atoms with E-state index in [-0.39, 0.29) is 0 Å². The van der Waals surface area contributed by atoms with E-state index in [0.717, 1.165) is 111 Å². The molecular weight excluding hydrogens is 667 g/mol. The first-order chi connectivity index (χ1) is 27.2. The number of benzene rings is 7. The van der Waals surface area contributed by atoms with Crippen molar-refractivity contribution >= 4 is 21.8 Å². The van der Waals surface area contributed by atoms with Crippen LogP contribution in [0.2, 0.25) is 0 Å². The van der Waals surface area contributed by atoms with E-state index in [0.29, 0.717) is 0 Å². The summed E-state index contributed by atoms with van der Waals surface area (Å²) >= 11 is 0. The van der Waals surface area contributed by atoms with Gasteiger partial charge in [0.1, 0.15) is 0 Å². The predicted molar refractivity (Wildman–Crippen MR) is 228 cm³/mol. The highest BCUT2D eigenvalue weighted by Crippen LogP contribution is 2.44. The molecule has 0 unspecified atom stereocenters. The van der Waals surface area contributed by atoms with Crippen molar-refractivity contribution in [3.63, 3.8) is 0 Å². The number of fused-ring (bicyclic) bond motifs is 11. The minimum atomic E-state index is 0.907. The van der Waals surface area contributed by atoms with Crippen LogP contribution in [0.1, 0.15) is 0 Å². The van der Waals surface area contributed by atoms with Gasteiger partial charge < -0.3 is 4.98 Å². The van der Waals surface area contributed by atoms with Gasteiger partial charge in [-0.2, -0.15) is 0 Å². The Labute approximate surface area is 319 Å². The molecule has 0 fully saturated rings. The van der Waals surface area contributed by atoms with Crippen LogP contribution in [0.25, 0.3) is 111 Å². The van der Waals surface area contributed by atoms with Crippen molar-refractivity contribution in [1.29, 1.82) is 0 Å². The average Bonchev–Trinajstić information content (AvgIpc) is 3.65. The van der Waals surface area contributed by atoms with Gasteiger partial charge >= 0.3 is 0 Å². The first-order valence-electron chi connectivity index (χ1n) is 18.7. The lowest BCUT2D eigenvalue weighted by atomic mass is 9.93. The second-order valence-electron chi connectivity index (χ2n) is 14.3. The van der Waals surface area contributed by atoms with Gasteiger partial charge in [0.05, 0.1) is 33.8 Å². The van der Waals surface area contributed by atoms with E-state index in [2.05, 4.69) is 199 Å². The van der Waals surface area contributed by atoms with Crippen molar-refractivity contribution in [3.8, 4) is 89.5 Å². The zero-order valence-electron chi connectivity index (χ0n) is 29.9. The van der Waals surface area contributed by atoms with E-state index in [1.54, 1.807) is 0 Å². The van der Waals surface area contributed by atoms with E-state index in [1.807, 2.05) is 0 Å². The third-order valence-corrected chi connectivity index (χ3v) is 10.9. The van der Waals surface area contributed by atoms with Gasteiger partial charge in [0.25, 0.3) is 0 Å². The van der Waals surface area contributed by atoms with Crippen molar-refractivity contribution in [2.45, 2.75) is 0 Å². The number of hydrogen-bond donors (Lipinski definition) is 1. The summed E-state index contributed by atoms with van der Waals surface area (Å²) in [6, 6.07) is 69.5. The molecule has 0 atom stereocenters. The monoisotopic (exact) mass is 699 g/mol. The van der Waals surface area contributed by atoms with E-state index in [1.165, 1.54) is 0 Å². The number of H-pyrrole nitrogens is 1. The van der Waals surface area contributed by atoms with Crippen LogP contribution in [0.3, 0.4) is 0 Å². The molecular formula is C52H33N3. The number of hydrogen-bond acceptors (Lipinski definition) is 2. The second-order valence-corrected chi connectivity index (χ2v) is 14.3. The van der Waals surface area contributed by atoms with Gasteiger partial charge in [-0.15, -0.1) is 0 Å². The predicted octanol–water partition coefficient (Wildman–Crippen LogP) is 13.8. The Morgan fingerprint density at radius 1 is 0.255 bits per heavy atom. The van der Waals surface area contributed by atoms with Gasteiger partial charge in [-0.1, -0.05) is 127 Å². The molecule has 1 N–H and O–H groups in total. The number of pyridine rings is 2. The number of aromatic nitrogens is 3. The Hall–Kier alpha value is -7.36. The molecule has 7 aromatic carbocycles. The number of rotatable bonds is 4. The SMILES string of the molecule is c1ccc(-c2cc3cc(c2)-c2cc(-c4ccccc4)cc(n2)-c2cc(-c4ccccc4)cc4c2[nH]c2c(cc(-c5ccccc5)cc24)-c2cccc-3n2)cc1. The fraction of sp³-hybridized carbons (Fsp3) is 0. The second kappa shape index (κ2) is 12.6. The summed E-state index contributed by atoms with van der Waals surface area (Å²) in [7, 11) is 0. The van der Waals surface area contributed by atoms with Gasteiger partial charge in [-0.3, -0.25) is 0 Å². The Kier molecular flexibility index (Phi) is 7.17. The Balaban J connectivity index is 1.31. The van der Waals surface area contributed by atoms with Crippen LogP contribution >= 0.6 is 0 Å². The minimum Gasteiger partial charge on any atom is -0.353 e. The molecule has 11 rings (SSSR count). The zero-order valence-corrected chi connectivity index (χ0v) is 29.9. The summed E-state index contributed by atoms with van der Waals surface area (Å²) in [5.74, 6) is 0. The summed E-state index contributed by atoms with van der Waals surface area (Å²) in [5.41, 5.74) is 19.1. The number of nitrogens with zero attached hydrogens (tertiary/aromatic N) is 2. The van der Waals surface area contributed by atoms with Crippen LogP contribution in [0.5, 0.6) is 0 Å². The van der Waals surface area contributed by atoms with Crippen LogP contribution in [0, 0.1) is 0 Å². The van der Waals surface area contributed by atoms with Crippen LogP contribution in [-0.4, -0.2) is 15.0 Å². The third kappa shape index (κ3) is 5.45. The molecule has 3 nitrogen and oxygen atoms in total. The Morgan fingerprint density at radius 2 is 0.636 bits per heavy atom. The fourth-order valence-corrected chi connectivity index (χ4v) is 8.18. The molecule has 0 radical (unpaired) electrons. The lowest BCUT2D eigenvalue weighted by Crippen LogP contribution is -1.95. The standard InChI is InChI=1S/C52H33N3/c1-5-14-33(15-6-1)37-24-41-26-42(25-37)49-31-40(36-20-11-4-12-21-36)32-50(54-49)46-30-39(35-18-9-3-10-19-35)28-44-43-27-38(34-16-7-2-8-17-34)29-45(51(43)55-52(44)46)48-23-13-22-47(41)53-48/h1-32,55H. The lowest BCUT2D eigenvalue weighted by Gasteiger charge is -2.15.